The van der Waals surface area contributed by atoms with Gasteiger partial charge in [-0.1, -0.05) is 17.7 Å². The second-order valence-corrected chi connectivity index (χ2v) is 3.04. The van der Waals surface area contributed by atoms with Gasteiger partial charge in [-0.05, 0) is 37.7 Å². The zero-order chi connectivity index (χ0) is 8.97. The molecule has 66 valence electrons. The van der Waals surface area contributed by atoms with Crippen molar-refractivity contribution in [2.24, 2.45) is 0 Å². The molecular weight excluding hydrogens is 174 g/mol. The molecule has 0 atom stereocenters. The first-order valence-electron chi connectivity index (χ1n) is 3.86. The molecule has 0 saturated carbocycles. The highest BCUT2D eigenvalue weighted by atomic mass is 35.5. The van der Waals surface area contributed by atoms with Crippen molar-refractivity contribution in [1.29, 1.82) is 0 Å². The molecule has 2 N–H and O–H groups in total. The number of hydrogen-bond donors (Lipinski definition) is 2. The van der Waals surface area contributed by atoms with Crippen LogP contribution in [0, 0.1) is 0 Å². The Hall–Kier alpha value is -0.730. The van der Waals surface area contributed by atoms with E-state index in [1.165, 1.54) is 0 Å². The Morgan fingerprint density at radius 3 is 2.83 bits per heavy atom. The maximum Gasteiger partial charge on any atom is 0.117 e. The van der Waals surface area contributed by atoms with Crippen LogP contribution in [0.3, 0.4) is 0 Å². The predicted octanol–water partition coefficient (Wildman–Crippen LogP) is 1.81. The van der Waals surface area contributed by atoms with Crippen LogP contribution in [0.5, 0.6) is 5.75 Å². The number of likely N-dealkylation sites (N-methyl/N-ethyl adjacent to an activating group) is 1. The number of rotatable bonds is 3. The minimum atomic E-state index is 0.216. The molecule has 0 unspecified atom stereocenters. The van der Waals surface area contributed by atoms with Crippen molar-refractivity contribution in [3.8, 4) is 5.75 Å². The number of aromatic hydroxyl groups is 1. The first kappa shape index (κ1) is 9.36. The molecule has 0 bridgehead atoms. The highest BCUT2D eigenvalue weighted by Gasteiger charge is 1.99. The predicted molar refractivity (Wildman–Crippen MR) is 50.7 cm³/mol. The molecule has 0 spiro atoms. The highest BCUT2D eigenvalue weighted by molar-refractivity contribution is 6.31. The fourth-order valence-electron chi connectivity index (χ4n) is 0.999. The molecule has 0 aliphatic rings. The lowest BCUT2D eigenvalue weighted by atomic mass is 10.1. The Labute approximate surface area is 77.2 Å². The summed E-state index contributed by atoms with van der Waals surface area (Å²) in [6.45, 7) is 0.893. The van der Waals surface area contributed by atoms with Crippen LogP contribution in [-0.2, 0) is 6.42 Å². The van der Waals surface area contributed by atoms with E-state index >= 15 is 0 Å². The largest absolute Gasteiger partial charge is 0.508 e. The average Bonchev–Trinajstić information content (AvgIpc) is 2.03. The van der Waals surface area contributed by atoms with Gasteiger partial charge in [-0.2, -0.15) is 0 Å². The third kappa shape index (κ3) is 2.40. The SMILES string of the molecule is CNCCc1ccc(O)cc1Cl. The molecule has 1 rings (SSSR count). The Morgan fingerprint density at radius 2 is 2.25 bits per heavy atom. The van der Waals surface area contributed by atoms with E-state index in [0.717, 1.165) is 18.5 Å². The van der Waals surface area contributed by atoms with E-state index in [4.69, 9.17) is 16.7 Å². The Morgan fingerprint density at radius 1 is 1.50 bits per heavy atom. The van der Waals surface area contributed by atoms with Crippen molar-refractivity contribution in [2.75, 3.05) is 13.6 Å². The van der Waals surface area contributed by atoms with E-state index in [1.54, 1.807) is 12.1 Å². The summed E-state index contributed by atoms with van der Waals surface area (Å²) in [6.07, 6.45) is 0.885. The first-order chi connectivity index (χ1) is 5.74. The molecule has 0 radical (unpaired) electrons. The molecule has 0 amide bonds. The summed E-state index contributed by atoms with van der Waals surface area (Å²) in [7, 11) is 1.90. The summed E-state index contributed by atoms with van der Waals surface area (Å²) in [6, 6.07) is 5.05. The summed E-state index contributed by atoms with van der Waals surface area (Å²) in [5, 5.41) is 12.7. The van der Waals surface area contributed by atoms with Gasteiger partial charge in [0.05, 0.1) is 0 Å². The maximum absolute atomic E-state index is 9.06. The summed E-state index contributed by atoms with van der Waals surface area (Å²) in [4.78, 5) is 0. The lowest BCUT2D eigenvalue weighted by molar-refractivity contribution is 0.475. The van der Waals surface area contributed by atoms with Crippen molar-refractivity contribution in [3.63, 3.8) is 0 Å². The quantitative estimate of drug-likeness (QED) is 0.753. The van der Waals surface area contributed by atoms with Crippen molar-refractivity contribution < 1.29 is 5.11 Å². The monoisotopic (exact) mass is 185 g/mol. The molecule has 0 saturated heterocycles. The summed E-state index contributed by atoms with van der Waals surface area (Å²) in [5.74, 6) is 0.216. The van der Waals surface area contributed by atoms with E-state index in [9.17, 15) is 0 Å². The second kappa shape index (κ2) is 4.33. The van der Waals surface area contributed by atoms with Gasteiger partial charge in [0.15, 0.2) is 0 Å². The van der Waals surface area contributed by atoms with Gasteiger partial charge in [0, 0.05) is 5.02 Å². The molecule has 0 aliphatic carbocycles. The summed E-state index contributed by atoms with van der Waals surface area (Å²) in [5.41, 5.74) is 1.06. The Balaban J connectivity index is 2.72. The van der Waals surface area contributed by atoms with Crippen molar-refractivity contribution >= 4 is 11.6 Å². The van der Waals surface area contributed by atoms with Gasteiger partial charge in [-0.25, -0.2) is 0 Å². The molecule has 1 aromatic carbocycles. The molecule has 3 heteroatoms. The Kier molecular flexibility index (Phi) is 3.38. The number of phenolic OH excluding ortho intramolecular Hbond substituents is 1. The van der Waals surface area contributed by atoms with Crippen LogP contribution in [0.1, 0.15) is 5.56 Å². The number of benzene rings is 1. The molecule has 12 heavy (non-hydrogen) atoms. The first-order valence-corrected chi connectivity index (χ1v) is 4.24. The number of phenols is 1. The Bertz CT molecular complexity index is 263. The third-order valence-electron chi connectivity index (χ3n) is 1.68. The highest BCUT2D eigenvalue weighted by Crippen LogP contribution is 2.21. The van der Waals surface area contributed by atoms with Gasteiger partial charge in [0.2, 0.25) is 0 Å². The molecule has 1 aromatic rings. The van der Waals surface area contributed by atoms with Crippen LogP contribution in [0.4, 0.5) is 0 Å². The molecule has 0 heterocycles. The number of nitrogens with one attached hydrogen (secondary N) is 1. The topological polar surface area (TPSA) is 32.3 Å². The zero-order valence-electron chi connectivity index (χ0n) is 6.97. The lowest BCUT2D eigenvalue weighted by Gasteiger charge is -2.03. The lowest BCUT2D eigenvalue weighted by Crippen LogP contribution is -2.10. The van der Waals surface area contributed by atoms with Crippen LogP contribution in [-0.4, -0.2) is 18.7 Å². The molecule has 2 nitrogen and oxygen atoms in total. The normalized spacial score (nSPS) is 10.2. The molecule has 0 aliphatic heterocycles. The van der Waals surface area contributed by atoms with Crippen LogP contribution < -0.4 is 5.32 Å². The van der Waals surface area contributed by atoms with Gasteiger partial charge in [-0.15, -0.1) is 0 Å². The van der Waals surface area contributed by atoms with E-state index in [1.807, 2.05) is 13.1 Å². The minimum absolute atomic E-state index is 0.216. The van der Waals surface area contributed by atoms with E-state index in [2.05, 4.69) is 5.32 Å². The number of hydrogen-bond acceptors (Lipinski definition) is 2. The van der Waals surface area contributed by atoms with Gasteiger partial charge >= 0.3 is 0 Å². The zero-order valence-corrected chi connectivity index (χ0v) is 7.73. The average molecular weight is 186 g/mol. The van der Waals surface area contributed by atoms with Crippen molar-refractivity contribution in [3.05, 3.63) is 28.8 Å². The van der Waals surface area contributed by atoms with Crippen molar-refractivity contribution in [2.45, 2.75) is 6.42 Å². The van der Waals surface area contributed by atoms with E-state index in [0.29, 0.717) is 5.02 Å². The maximum atomic E-state index is 9.06. The minimum Gasteiger partial charge on any atom is -0.508 e. The summed E-state index contributed by atoms with van der Waals surface area (Å²) < 4.78 is 0. The molecule has 0 aromatic heterocycles. The van der Waals surface area contributed by atoms with Gasteiger partial charge in [0.25, 0.3) is 0 Å². The van der Waals surface area contributed by atoms with Gasteiger partial charge < -0.3 is 10.4 Å². The molecule has 0 fully saturated rings. The molecular formula is C9H12ClNO. The smallest absolute Gasteiger partial charge is 0.117 e. The third-order valence-corrected chi connectivity index (χ3v) is 2.03. The van der Waals surface area contributed by atoms with Crippen molar-refractivity contribution in [1.82, 2.24) is 5.32 Å². The summed E-state index contributed by atoms with van der Waals surface area (Å²) >= 11 is 5.88. The van der Waals surface area contributed by atoms with Crippen LogP contribution in [0.25, 0.3) is 0 Å². The number of halogens is 1. The fraction of sp³-hybridized carbons (Fsp3) is 0.333. The van der Waals surface area contributed by atoms with Crippen LogP contribution in [0.15, 0.2) is 18.2 Å². The van der Waals surface area contributed by atoms with Crippen LogP contribution >= 0.6 is 11.6 Å². The van der Waals surface area contributed by atoms with Crippen LogP contribution in [0.2, 0.25) is 5.02 Å². The van der Waals surface area contributed by atoms with E-state index < -0.39 is 0 Å². The second-order valence-electron chi connectivity index (χ2n) is 2.63. The standard InChI is InChI=1S/C9H12ClNO/c1-11-5-4-7-2-3-8(12)6-9(7)10/h2-3,6,11-12H,4-5H2,1H3. The van der Waals surface area contributed by atoms with E-state index in [-0.39, 0.29) is 5.75 Å². The van der Waals surface area contributed by atoms with Gasteiger partial charge in [0.1, 0.15) is 5.75 Å². The van der Waals surface area contributed by atoms with Gasteiger partial charge in [-0.3, -0.25) is 0 Å². The fourth-order valence-corrected chi connectivity index (χ4v) is 1.27.